The third-order valence-corrected chi connectivity index (χ3v) is 11.5. The molecule has 0 N–H and O–H groups in total. The van der Waals surface area contributed by atoms with Crippen LogP contribution in [0.15, 0.2) is 97.2 Å². The zero-order chi connectivity index (χ0) is 48.6. The summed E-state index contributed by atoms with van der Waals surface area (Å²) in [4.78, 5) is 38.1. The Kier molecular flexibility index (Phi) is 51.9. The molecule has 6 heteroatoms. The minimum absolute atomic E-state index is 0.108. The van der Waals surface area contributed by atoms with Crippen molar-refractivity contribution in [2.75, 3.05) is 13.2 Å². The minimum Gasteiger partial charge on any atom is -0.462 e. The quantitative estimate of drug-likeness (QED) is 0.0262. The zero-order valence-corrected chi connectivity index (χ0v) is 43.6. The van der Waals surface area contributed by atoms with Crippen molar-refractivity contribution in [1.82, 2.24) is 0 Å². The van der Waals surface area contributed by atoms with E-state index in [1.165, 1.54) is 122 Å². The standard InChI is InChI=1S/C61H102O6/c1-4-7-10-13-16-19-22-25-28-29-30-31-34-36-39-42-45-48-51-54-60(63)66-57-58(67-61(64)55-52-49-46-43-40-37-33-27-24-21-18-15-12-9-6-3)56-65-59(62)53-50-47-44-41-38-35-32-26-23-20-17-14-11-8-5-2/h16-21,25-28,32-33,38,40-41,43,58H,4-15,22-24,29-31,34-37,39,42,44-57H2,1-3H3/b19-16-,20-17-,21-18-,28-25-,32-26-,33-27-,41-38-,43-40-/t58-/m1/s1. The van der Waals surface area contributed by atoms with E-state index in [4.69, 9.17) is 14.2 Å². The number of carbonyl (C=O) groups excluding carboxylic acids is 3. The zero-order valence-electron chi connectivity index (χ0n) is 43.6. The topological polar surface area (TPSA) is 78.9 Å². The van der Waals surface area contributed by atoms with Crippen molar-refractivity contribution in [1.29, 1.82) is 0 Å². The van der Waals surface area contributed by atoms with Crippen molar-refractivity contribution < 1.29 is 28.6 Å². The number of esters is 3. The molecule has 0 aromatic rings. The maximum absolute atomic E-state index is 12.8. The average Bonchev–Trinajstić information content (AvgIpc) is 3.33. The second-order valence-corrected chi connectivity index (χ2v) is 18.1. The van der Waals surface area contributed by atoms with Gasteiger partial charge in [-0.1, -0.05) is 201 Å². The van der Waals surface area contributed by atoms with Crippen LogP contribution in [0.3, 0.4) is 0 Å². The fourth-order valence-corrected chi connectivity index (χ4v) is 7.31. The van der Waals surface area contributed by atoms with Gasteiger partial charge in [-0.25, -0.2) is 0 Å². The van der Waals surface area contributed by atoms with Crippen LogP contribution in [0.2, 0.25) is 0 Å². The molecule has 0 amide bonds. The predicted molar refractivity (Wildman–Crippen MR) is 288 cm³/mol. The number of rotatable bonds is 49. The molecule has 0 fully saturated rings. The van der Waals surface area contributed by atoms with E-state index < -0.39 is 6.10 Å². The number of allylic oxidation sites excluding steroid dienone is 16. The molecule has 1 atom stereocenters. The number of hydrogen-bond donors (Lipinski definition) is 0. The van der Waals surface area contributed by atoms with Crippen LogP contribution in [-0.4, -0.2) is 37.2 Å². The van der Waals surface area contributed by atoms with Gasteiger partial charge >= 0.3 is 17.9 Å². The molecule has 0 aromatic heterocycles. The van der Waals surface area contributed by atoms with E-state index in [2.05, 4.69) is 118 Å². The van der Waals surface area contributed by atoms with Gasteiger partial charge < -0.3 is 14.2 Å². The van der Waals surface area contributed by atoms with Crippen molar-refractivity contribution in [2.45, 2.75) is 258 Å². The van der Waals surface area contributed by atoms with Crippen molar-refractivity contribution in [3.8, 4) is 0 Å². The van der Waals surface area contributed by atoms with E-state index in [0.29, 0.717) is 19.3 Å². The first-order valence-electron chi connectivity index (χ1n) is 27.7. The fourth-order valence-electron chi connectivity index (χ4n) is 7.31. The summed E-state index contributed by atoms with van der Waals surface area (Å²) in [5.74, 6) is -0.990. The highest BCUT2D eigenvalue weighted by atomic mass is 16.6. The molecule has 6 nitrogen and oxygen atoms in total. The van der Waals surface area contributed by atoms with Crippen LogP contribution < -0.4 is 0 Å². The molecular weight excluding hydrogens is 829 g/mol. The first kappa shape index (κ1) is 63.3. The molecule has 67 heavy (non-hydrogen) atoms. The summed E-state index contributed by atoms with van der Waals surface area (Å²) >= 11 is 0. The van der Waals surface area contributed by atoms with Crippen molar-refractivity contribution in [3.63, 3.8) is 0 Å². The molecule has 0 heterocycles. The number of carbonyl (C=O) groups is 3. The minimum atomic E-state index is -0.816. The summed E-state index contributed by atoms with van der Waals surface area (Å²) in [6.45, 7) is 6.49. The van der Waals surface area contributed by atoms with Gasteiger partial charge in [0.25, 0.3) is 0 Å². The fraction of sp³-hybridized carbons (Fsp3) is 0.689. The summed E-state index contributed by atoms with van der Waals surface area (Å²) in [6, 6.07) is 0. The molecule has 0 saturated carbocycles. The number of unbranched alkanes of at least 4 members (excludes halogenated alkanes) is 22. The lowest BCUT2D eigenvalue weighted by Crippen LogP contribution is -2.30. The highest BCUT2D eigenvalue weighted by molar-refractivity contribution is 5.71. The Labute approximate surface area is 413 Å². The third-order valence-electron chi connectivity index (χ3n) is 11.5. The highest BCUT2D eigenvalue weighted by Crippen LogP contribution is 2.14. The van der Waals surface area contributed by atoms with Gasteiger partial charge in [0.05, 0.1) is 0 Å². The first-order valence-corrected chi connectivity index (χ1v) is 27.7. The van der Waals surface area contributed by atoms with E-state index in [1.54, 1.807) is 0 Å². The molecule has 0 aliphatic rings. The first-order chi connectivity index (χ1) is 33.0. The SMILES string of the molecule is CCCCC/C=C\C/C=C\C/C=C\CCCCC(=O)OC[C@H](COC(=O)CCCCCCCCCCC/C=C\C/C=C\CCCCC)OC(=O)CCCC/C=C\C/C=C\C/C=C\CCCCC. The molecular formula is C61H102O6. The lowest BCUT2D eigenvalue weighted by atomic mass is 10.1. The van der Waals surface area contributed by atoms with Crippen LogP contribution in [0, 0.1) is 0 Å². The summed E-state index contributed by atoms with van der Waals surface area (Å²) in [6.07, 6.45) is 72.5. The van der Waals surface area contributed by atoms with Crippen molar-refractivity contribution >= 4 is 17.9 Å². The molecule has 0 saturated heterocycles. The van der Waals surface area contributed by atoms with Crippen LogP contribution in [0.1, 0.15) is 252 Å². The van der Waals surface area contributed by atoms with Gasteiger partial charge in [0.15, 0.2) is 6.10 Å². The summed E-state index contributed by atoms with van der Waals surface area (Å²) in [5.41, 5.74) is 0. The maximum atomic E-state index is 12.8. The van der Waals surface area contributed by atoms with E-state index in [0.717, 1.165) is 83.5 Å². The molecule has 0 spiro atoms. The Bertz CT molecular complexity index is 1350. The predicted octanol–water partition coefficient (Wildman–Crippen LogP) is 18.5. The summed E-state index contributed by atoms with van der Waals surface area (Å²) < 4.78 is 16.8. The monoisotopic (exact) mass is 931 g/mol. The second kappa shape index (κ2) is 54.9. The molecule has 0 aromatic carbocycles. The third kappa shape index (κ3) is 53.2. The molecule has 0 rings (SSSR count). The van der Waals surface area contributed by atoms with Gasteiger partial charge in [-0.15, -0.1) is 0 Å². The van der Waals surface area contributed by atoms with Crippen molar-refractivity contribution in [3.05, 3.63) is 97.2 Å². The van der Waals surface area contributed by atoms with Crippen molar-refractivity contribution in [2.24, 2.45) is 0 Å². The molecule has 382 valence electrons. The van der Waals surface area contributed by atoms with E-state index >= 15 is 0 Å². The molecule has 0 aliphatic carbocycles. The highest BCUT2D eigenvalue weighted by Gasteiger charge is 2.19. The number of hydrogen-bond acceptors (Lipinski definition) is 6. The molecule has 0 bridgehead atoms. The van der Waals surface area contributed by atoms with Crippen LogP contribution in [0.5, 0.6) is 0 Å². The summed E-state index contributed by atoms with van der Waals surface area (Å²) in [5, 5.41) is 0. The van der Waals surface area contributed by atoms with Gasteiger partial charge in [0, 0.05) is 19.3 Å². The molecule has 0 radical (unpaired) electrons. The smallest absolute Gasteiger partial charge is 0.306 e. The Morgan fingerprint density at radius 3 is 0.866 bits per heavy atom. The summed E-state index contributed by atoms with van der Waals surface area (Å²) in [7, 11) is 0. The lowest BCUT2D eigenvalue weighted by Gasteiger charge is -2.18. The van der Waals surface area contributed by atoms with Gasteiger partial charge in [-0.05, 0) is 128 Å². The van der Waals surface area contributed by atoms with Gasteiger partial charge in [-0.2, -0.15) is 0 Å². The van der Waals surface area contributed by atoms with Crippen LogP contribution in [0.25, 0.3) is 0 Å². The van der Waals surface area contributed by atoms with Crippen LogP contribution >= 0.6 is 0 Å². The largest absolute Gasteiger partial charge is 0.462 e. The second-order valence-electron chi connectivity index (χ2n) is 18.1. The van der Waals surface area contributed by atoms with E-state index in [-0.39, 0.29) is 37.5 Å². The van der Waals surface area contributed by atoms with Crippen LogP contribution in [0.4, 0.5) is 0 Å². The Morgan fingerprint density at radius 1 is 0.299 bits per heavy atom. The Balaban J connectivity index is 4.49. The van der Waals surface area contributed by atoms with Gasteiger partial charge in [0.2, 0.25) is 0 Å². The van der Waals surface area contributed by atoms with E-state index in [1.807, 2.05) is 0 Å². The van der Waals surface area contributed by atoms with E-state index in [9.17, 15) is 14.4 Å². The molecule has 0 unspecified atom stereocenters. The molecule has 0 aliphatic heterocycles. The maximum Gasteiger partial charge on any atom is 0.306 e. The Hall–Kier alpha value is -3.67. The Morgan fingerprint density at radius 2 is 0.537 bits per heavy atom. The van der Waals surface area contributed by atoms with Crippen LogP contribution in [-0.2, 0) is 28.6 Å². The average molecular weight is 931 g/mol. The lowest BCUT2D eigenvalue weighted by molar-refractivity contribution is -0.167. The van der Waals surface area contributed by atoms with Gasteiger partial charge in [-0.3, -0.25) is 14.4 Å². The van der Waals surface area contributed by atoms with Gasteiger partial charge in [0.1, 0.15) is 13.2 Å². The number of ether oxygens (including phenoxy) is 3. The normalized spacial score (nSPS) is 12.8.